The molecule has 140 valence electrons. The number of rotatable bonds is 6. The molecule has 0 atom stereocenters. The molecule has 7 nitrogen and oxygen atoms in total. The Morgan fingerprint density at radius 3 is 2.56 bits per heavy atom. The van der Waals surface area contributed by atoms with Gasteiger partial charge >= 0.3 is 0 Å². The van der Waals surface area contributed by atoms with Crippen molar-refractivity contribution in [3.05, 3.63) is 65.4 Å². The van der Waals surface area contributed by atoms with Crippen molar-refractivity contribution in [2.75, 3.05) is 6.61 Å². The van der Waals surface area contributed by atoms with Gasteiger partial charge in [0.1, 0.15) is 0 Å². The Morgan fingerprint density at radius 2 is 1.85 bits per heavy atom. The van der Waals surface area contributed by atoms with Crippen molar-refractivity contribution in [3.63, 3.8) is 0 Å². The lowest BCUT2D eigenvalue weighted by atomic mass is 9.95. The summed E-state index contributed by atoms with van der Waals surface area (Å²) in [5.41, 5.74) is 1.67. The number of aromatic hydroxyl groups is 1. The molecular formula is C20H20N2O5. The Morgan fingerprint density at radius 1 is 1.11 bits per heavy atom. The van der Waals surface area contributed by atoms with Crippen molar-refractivity contribution < 1.29 is 24.6 Å². The van der Waals surface area contributed by atoms with Gasteiger partial charge in [0.25, 0.3) is 11.8 Å². The van der Waals surface area contributed by atoms with E-state index in [9.17, 15) is 19.9 Å². The SMILES string of the molecule is CCCOc1ccc(CN/C=C2\C(=O)N(O)C(=O)c3ccccc32)cc1O. The van der Waals surface area contributed by atoms with E-state index in [0.29, 0.717) is 24.5 Å². The number of hydrogen-bond acceptors (Lipinski definition) is 6. The van der Waals surface area contributed by atoms with Crippen LogP contribution in [0.2, 0.25) is 0 Å². The molecule has 1 heterocycles. The molecule has 0 saturated carbocycles. The normalized spacial score (nSPS) is 15.0. The summed E-state index contributed by atoms with van der Waals surface area (Å²) in [6, 6.07) is 11.6. The van der Waals surface area contributed by atoms with Crippen LogP contribution in [-0.2, 0) is 11.3 Å². The molecule has 1 aliphatic rings. The number of phenolic OH excluding ortho intramolecular Hbond substituents is 1. The Kier molecular flexibility index (Phi) is 5.42. The summed E-state index contributed by atoms with van der Waals surface area (Å²) >= 11 is 0. The minimum Gasteiger partial charge on any atom is -0.504 e. The van der Waals surface area contributed by atoms with Crippen molar-refractivity contribution in [2.24, 2.45) is 0 Å². The lowest BCUT2D eigenvalue weighted by molar-refractivity contribution is -0.147. The smallest absolute Gasteiger partial charge is 0.286 e. The number of hydrogen-bond donors (Lipinski definition) is 3. The lowest BCUT2D eigenvalue weighted by Crippen LogP contribution is -2.39. The van der Waals surface area contributed by atoms with Crippen LogP contribution in [0.25, 0.3) is 5.57 Å². The fraction of sp³-hybridized carbons (Fsp3) is 0.200. The van der Waals surface area contributed by atoms with Gasteiger partial charge < -0.3 is 15.2 Å². The lowest BCUT2D eigenvalue weighted by Gasteiger charge is -2.23. The number of imide groups is 1. The van der Waals surface area contributed by atoms with E-state index in [1.807, 2.05) is 6.92 Å². The summed E-state index contributed by atoms with van der Waals surface area (Å²) in [4.78, 5) is 24.2. The number of fused-ring (bicyclic) bond motifs is 1. The van der Waals surface area contributed by atoms with Gasteiger partial charge in [0, 0.05) is 18.3 Å². The molecule has 3 rings (SSSR count). The number of amides is 2. The number of ether oxygens (including phenoxy) is 1. The van der Waals surface area contributed by atoms with Crippen LogP contribution in [0, 0.1) is 0 Å². The summed E-state index contributed by atoms with van der Waals surface area (Å²) < 4.78 is 5.42. The quantitative estimate of drug-likeness (QED) is 0.412. The minimum absolute atomic E-state index is 0.0432. The molecular weight excluding hydrogens is 348 g/mol. The first-order valence-corrected chi connectivity index (χ1v) is 8.58. The molecule has 7 heteroatoms. The van der Waals surface area contributed by atoms with Crippen molar-refractivity contribution in [3.8, 4) is 11.5 Å². The van der Waals surface area contributed by atoms with E-state index in [1.54, 1.807) is 42.5 Å². The van der Waals surface area contributed by atoms with Gasteiger partial charge in [-0.05, 0) is 30.2 Å². The van der Waals surface area contributed by atoms with Crippen LogP contribution < -0.4 is 10.1 Å². The summed E-state index contributed by atoms with van der Waals surface area (Å²) in [5.74, 6) is -1.08. The highest BCUT2D eigenvalue weighted by Gasteiger charge is 2.33. The number of carbonyl (C=O) groups excluding carboxylic acids is 2. The number of nitrogens with zero attached hydrogens (tertiary/aromatic N) is 1. The molecule has 0 bridgehead atoms. The zero-order valence-corrected chi connectivity index (χ0v) is 14.8. The molecule has 0 saturated heterocycles. The van der Waals surface area contributed by atoms with Crippen LogP contribution in [0.4, 0.5) is 0 Å². The summed E-state index contributed by atoms with van der Waals surface area (Å²) in [5, 5.41) is 22.8. The fourth-order valence-corrected chi connectivity index (χ4v) is 2.76. The Hall–Kier alpha value is -3.32. The van der Waals surface area contributed by atoms with E-state index >= 15 is 0 Å². The first-order chi connectivity index (χ1) is 13.0. The number of benzene rings is 2. The number of carbonyl (C=O) groups is 2. The number of nitrogens with one attached hydrogen (secondary N) is 1. The van der Waals surface area contributed by atoms with Crippen LogP contribution in [0.5, 0.6) is 11.5 Å². The van der Waals surface area contributed by atoms with Gasteiger partial charge in [0.05, 0.1) is 17.7 Å². The molecule has 0 fully saturated rings. The zero-order chi connectivity index (χ0) is 19.4. The molecule has 27 heavy (non-hydrogen) atoms. The van der Waals surface area contributed by atoms with Crippen LogP contribution in [0.1, 0.15) is 34.8 Å². The van der Waals surface area contributed by atoms with Gasteiger partial charge in [-0.1, -0.05) is 31.2 Å². The molecule has 0 unspecified atom stereocenters. The Balaban J connectivity index is 1.76. The second kappa shape index (κ2) is 7.92. The first kappa shape index (κ1) is 18.5. The average molecular weight is 368 g/mol. The summed E-state index contributed by atoms with van der Waals surface area (Å²) in [7, 11) is 0. The highest BCUT2D eigenvalue weighted by atomic mass is 16.5. The van der Waals surface area contributed by atoms with Gasteiger partial charge in [-0.15, -0.1) is 5.06 Å². The monoisotopic (exact) mass is 368 g/mol. The first-order valence-electron chi connectivity index (χ1n) is 8.58. The maximum Gasteiger partial charge on any atom is 0.286 e. The van der Waals surface area contributed by atoms with E-state index in [2.05, 4.69) is 5.32 Å². The molecule has 0 radical (unpaired) electrons. The van der Waals surface area contributed by atoms with E-state index in [-0.39, 0.29) is 21.9 Å². The highest BCUT2D eigenvalue weighted by molar-refractivity contribution is 6.30. The van der Waals surface area contributed by atoms with E-state index in [4.69, 9.17) is 4.74 Å². The third kappa shape index (κ3) is 3.78. The largest absolute Gasteiger partial charge is 0.504 e. The standard InChI is InChI=1S/C20H20N2O5/c1-2-9-27-18-8-7-13(10-17(18)23)11-21-12-16-14-5-3-4-6-15(14)19(24)22(26)20(16)25/h3-8,10,12,21,23,26H,2,9,11H2,1H3/b16-12-. The van der Waals surface area contributed by atoms with E-state index < -0.39 is 11.8 Å². The van der Waals surface area contributed by atoms with E-state index in [0.717, 1.165) is 12.0 Å². The van der Waals surface area contributed by atoms with Crippen LogP contribution >= 0.6 is 0 Å². The van der Waals surface area contributed by atoms with Gasteiger partial charge in [-0.25, -0.2) is 0 Å². The molecule has 1 aliphatic heterocycles. The maximum atomic E-state index is 12.2. The molecule has 2 amide bonds. The Bertz CT molecular complexity index is 907. The Labute approximate surface area is 156 Å². The molecule has 3 N–H and O–H groups in total. The summed E-state index contributed by atoms with van der Waals surface area (Å²) in [6.07, 6.45) is 2.30. The topological polar surface area (TPSA) is 99.1 Å². The minimum atomic E-state index is -0.794. The van der Waals surface area contributed by atoms with Gasteiger partial charge in [0.15, 0.2) is 11.5 Å². The van der Waals surface area contributed by atoms with Gasteiger partial charge in [-0.2, -0.15) is 0 Å². The maximum absolute atomic E-state index is 12.2. The molecule has 0 aliphatic carbocycles. The second-order valence-electron chi connectivity index (χ2n) is 6.06. The molecule has 2 aromatic rings. The van der Waals surface area contributed by atoms with Crippen molar-refractivity contribution in [1.82, 2.24) is 10.4 Å². The predicted molar refractivity (Wildman–Crippen MR) is 98.1 cm³/mol. The highest BCUT2D eigenvalue weighted by Crippen LogP contribution is 2.28. The van der Waals surface area contributed by atoms with Crippen LogP contribution in [0.3, 0.4) is 0 Å². The molecule has 0 spiro atoms. The number of hydroxylamine groups is 2. The fourth-order valence-electron chi connectivity index (χ4n) is 2.76. The average Bonchev–Trinajstić information content (AvgIpc) is 2.68. The summed E-state index contributed by atoms with van der Waals surface area (Å²) in [6.45, 7) is 2.84. The molecule has 2 aromatic carbocycles. The predicted octanol–water partition coefficient (Wildman–Crippen LogP) is 2.68. The second-order valence-corrected chi connectivity index (χ2v) is 6.06. The van der Waals surface area contributed by atoms with Gasteiger partial charge in [0.2, 0.25) is 0 Å². The third-order valence-electron chi connectivity index (χ3n) is 4.10. The van der Waals surface area contributed by atoms with Crippen molar-refractivity contribution in [1.29, 1.82) is 0 Å². The third-order valence-corrected chi connectivity index (χ3v) is 4.10. The zero-order valence-electron chi connectivity index (χ0n) is 14.8. The van der Waals surface area contributed by atoms with Crippen LogP contribution in [-0.4, -0.2) is 33.8 Å². The van der Waals surface area contributed by atoms with E-state index in [1.165, 1.54) is 6.20 Å². The van der Waals surface area contributed by atoms with Gasteiger partial charge in [-0.3, -0.25) is 14.8 Å². The molecule has 0 aromatic heterocycles. The van der Waals surface area contributed by atoms with Crippen molar-refractivity contribution >= 4 is 17.4 Å². The van der Waals surface area contributed by atoms with Crippen LogP contribution in [0.15, 0.2) is 48.7 Å². The van der Waals surface area contributed by atoms with Crippen molar-refractivity contribution in [2.45, 2.75) is 19.9 Å². The number of phenols is 1.